The zero-order valence-corrected chi connectivity index (χ0v) is 8.93. The summed E-state index contributed by atoms with van der Waals surface area (Å²) < 4.78 is 40.5. The Morgan fingerprint density at radius 2 is 2.19 bits per heavy atom. The Bertz CT molecular complexity index is 245. The second kappa shape index (κ2) is 5.49. The van der Waals surface area contributed by atoms with E-state index in [4.69, 9.17) is 4.74 Å². The largest absolute Gasteiger partial charge is 0.405 e. The molecule has 1 amide bonds. The fourth-order valence-corrected chi connectivity index (χ4v) is 1.48. The van der Waals surface area contributed by atoms with Crippen molar-refractivity contribution in [1.29, 1.82) is 0 Å². The highest BCUT2D eigenvalue weighted by molar-refractivity contribution is 5.78. The molecular formula is C9H15F3N2O2. The van der Waals surface area contributed by atoms with Gasteiger partial charge in [-0.3, -0.25) is 4.79 Å². The van der Waals surface area contributed by atoms with Gasteiger partial charge in [0.05, 0.1) is 12.6 Å². The molecule has 2 atom stereocenters. The van der Waals surface area contributed by atoms with E-state index in [1.165, 1.54) is 0 Å². The quantitative estimate of drug-likeness (QED) is 0.749. The molecular weight excluding hydrogens is 225 g/mol. The highest BCUT2D eigenvalue weighted by Gasteiger charge is 2.28. The zero-order chi connectivity index (χ0) is 12.2. The van der Waals surface area contributed by atoms with E-state index < -0.39 is 18.6 Å². The maximum absolute atomic E-state index is 11.8. The molecule has 7 heteroatoms. The average molecular weight is 240 g/mol. The number of carbonyl (C=O) groups is 1. The molecule has 1 fully saturated rings. The van der Waals surface area contributed by atoms with Gasteiger partial charge >= 0.3 is 6.18 Å². The molecule has 2 N–H and O–H groups in total. The van der Waals surface area contributed by atoms with E-state index in [2.05, 4.69) is 5.32 Å². The van der Waals surface area contributed by atoms with Crippen LogP contribution in [0.3, 0.4) is 0 Å². The number of carbonyl (C=O) groups excluding carboxylic acids is 1. The molecule has 0 radical (unpaired) electrons. The topological polar surface area (TPSA) is 50.4 Å². The lowest BCUT2D eigenvalue weighted by molar-refractivity contribution is -0.138. The van der Waals surface area contributed by atoms with Crippen LogP contribution in [0.25, 0.3) is 0 Å². The van der Waals surface area contributed by atoms with Crippen LogP contribution in [0.15, 0.2) is 0 Å². The lowest BCUT2D eigenvalue weighted by Gasteiger charge is -2.15. The van der Waals surface area contributed by atoms with Crippen LogP contribution in [0.2, 0.25) is 0 Å². The second-order valence-corrected chi connectivity index (χ2v) is 3.74. The highest BCUT2D eigenvalue weighted by atomic mass is 19.4. The number of hydrogen-bond donors (Lipinski definition) is 2. The Labute approximate surface area is 91.5 Å². The number of ether oxygens (including phenoxy) is 1. The number of halogens is 3. The van der Waals surface area contributed by atoms with Crippen molar-refractivity contribution in [2.75, 3.05) is 19.7 Å². The first-order valence-electron chi connectivity index (χ1n) is 5.07. The van der Waals surface area contributed by atoms with Gasteiger partial charge in [-0.05, 0) is 13.3 Å². The summed E-state index contributed by atoms with van der Waals surface area (Å²) in [6, 6.07) is 0.0386. The van der Waals surface area contributed by atoms with E-state index in [9.17, 15) is 18.0 Å². The van der Waals surface area contributed by atoms with E-state index >= 15 is 0 Å². The van der Waals surface area contributed by atoms with Crippen molar-refractivity contribution >= 4 is 5.91 Å². The number of rotatable bonds is 4. The van der Waals surface area contributed by atoms with Gasteiger partial charge in [0.2, 0.25) is 5.91 Å². The van der Waals surface area contributed by atoms with Crippen molar-refractivity contribution < 1.29 is 22.7 Å². The molecule has 1 saturated heterocycles. The van der Waals surface area contributed by atoms with Gasteiger partial charge in [-0.1, -0.05) is 0 Å². The van der Waals surface area contributed by atoms with Crippen LogP contribution in [0.4, 0.5) is 13.2 Å². The van der Waals surface area contributed by atoms with Gasteiger partial charge < -0.3 is 15.4 Å². The second-order valence-electron chi connectivity index (χ2n) is 3.74. The summed E-state index contributed by atoms with van der Waals surface area (Å²) in [5.74, 6) is -0.656. The lowest BCUT2D eigenvalue weighted by Crippen LogP contribution is -2.44. The van der Waals surface area contributed by atoms with E-state index in [0.717, 1.165) is 6.42 Å². The van der Waals surface area contributed by atoms with Crippen LogP contribution in [0.1, 0.15) is 13.3 Å². The van der Waals surface area contributed by atoms with Crippen molar-refractivity contribution in [2.24, 2.45) is 0 Å². The third kappa shape index (κ3) is 4.80. The molecule has 0 bridgehead atoms. The van der Waals surface area contributed by atoms with Crippen molar-refractivity contribution in [1.82, 2.24) is 10.6 Å². The molecule has 2 unspecified atom stereocenters. The van der Waals surface area contributed by atoms with E-state index in [0.29, 0.717) is 6.61 Å². The van der Waals surface area contributed by atoms with Crippen molar-refractivity contribution in [3.05, 3.63) is 0 Å². The summed E-state index contributed by atoms with van der Waals surface area (Å²) in [5, 5.41) is 4.66. The maximum Gasteiger partial charge on any atom is 0.405 e. The molecule has 0 aliphatic carbocycles. The number of hydrogen-bond acceptors (Lipinski definition) is 3. The molecule has 16 heavy (non-hydrogen) atoms. The van der Waals surface area contributed by atoms with Gasteiger partial charge in [0.25, 0.3) is 0 Å². The average Bonchev–Trinajstić information content (AvgIpc) is 2.57. The molecule has 0 aromatic rings. The van der Waals surface area contributed by atoms with Gasteiger partial charge in [0, 0.05) is 12.6 Å². The number of amides is 1. The van der Waals surface area contributed by atoms with Crippen LogP contribution in [-0.4, -0.2) is 43.9 Å². The maximum atomic E-state index is 11.8. The Kier molecular flexibility index (Phi) is 4.55. The van der Waals surface area contributed by atoms with Gasteiger partial charge in [-0.15, -0.1) is 0 Å². The first-order valence-corrected chi connectivity index (χ1v) is 5.07. The van der Waals surface area contributed by atoms with Gasteiger partial charge in [0.15, 0.2) is 0 Å². The summed E-state index contributed by atoms with van der Waals surface area (Å²) in [5.41, 5.74) is 0. The fourth-order valence-electron chi connectivity index (χ4n) is 1.48. The molecule has 1 aliphatic rings. The highest BCUT2D eigenvalue weighted by Crippen LogP contribution is 2.13. The predicted molar refractivity (Wildman–Crippen MR) is 50.9 cm³/mol. The third-order valence-electron chi connectivity index (χ3n) is 2.39. The Hall–Kier alpha value is -0.820. The van der Waals surface area contributed by atoms with Crippen LogP contribution in [0.5, 0.6) is 0 Å². The predicted octanol–water partition coefficient (Wildman–Crippen LogP) is 0.432. The minimum Gasteiger partial charge on any atom is -0.377 e. The summed E-state index contributed by atoms with van der Waals surface area (Å²) in [4.78, 5) is 11.0. The molecule has 1 heterocycles. The molecule has 0 saturated carbocycles. The standard InChI is InChI=1S/C9H15F3N2O2/c1-6-7(2-3-16-6)13-4-8(15)14-5-9(10,11)12/h6-7,13H,2-5H2,1H3,(H,14,15). The Morgan fingerprint density at radius 3 is 2.69 bits per heavy atom. The van der Waals surface area contributed by atoms with Crippen LogP contribution in [0, 0.1) is 0 Å². The number of nitrogens with one attached hydrogen (secondary N) is 2. The summed E-state index contributed by atoms with van der Waals surface area (Å²) in [6.45, 7) is 1.07. The van der Waals surface area contributed by atoms with Crippen molar-refractivity contribution in [3.63, 3.8) is 0 Å². The first-order chi connectivity index (χ1) is 7.38. The van der Waals surface area contributed by atoms with Crippen LogP contribution in [-0.2, 0) is 9.53 Å². The minimum atomic E-state index is -4.36. The normalized spacial score (nSPS) is 25.8. The third-order valence-corrected chi connectivity index (χ3v) is 2.39. The van der Waals surface area contributed by atoms with Crippen molar-refractivity contribution in [3.8, 4) is 0 Å². The summed E-state index contributed by atoms with van der Waals surface area (Å²) >= 11 is 0. The molecule has 0 aromatic heterocycles. The molecule has 4 nitrogen and oxygen atoms in total. The van der Waals surface area contributed by atoms with Crippen molar-refractivity contribution in [2.45, 2.75) is 31.7 Å². The lowest BCUT2D eigenvalue weighted by atomic mass is 10.1. The summed E-state index contributed by atoms with van der Waals surface area (Å²) in [6.07, 6.45) is -3.59. The monoisotopic (exact) mass is 240 g/mol. The molecule has 1 rings (SSSR count). The fraction of sp³-hybridized carbons (Fsp3) is 0.889. The first kappa shape index (κ1) is 13.2. The van der Waals surface area contributed by atoms with Crippen LogP contribution >= 0.6 is 0 Å². The number of alkyl halides is 3. The van der Waals surface area contributed by atoms with Gasteiger partial charge in [-0.25, -0.2) is 0 Å². The van der Waals surface area contributed by atoms with Gasteiger partial charge in [-0.2, -0.15) is 13.2 Å². The molecule has 0 aromatic carbocycles. The van der Waals surface area contributed by atoms with Crippen LogP contribution < -0.4 is 10.6 Å². The zero-order valence-electron chi connectivity index (χ0n) is 8.93. The Morgan fingerprint density at radius 1 is 1.50 bits per heavy atom. The Balaban J connectivity index is 2.15. The van der Waals surface area contributed by atoms with E-state index in [1.807, 2.05) is 6.92 Å². The molecule has 1 aliphatic heterocycles. The smallest absolute Gasteiger partial charge is 0.377 e. The van der Waals surface area contributed by atoms with E-state index in [-0.39, 0.29) is 18.7 Å². The molecule has 0 spiro atoms. The summed E-state index contributed by atoms with van der Waals surface area (Å²) in [7, 11) is 0. The SMILES string of the molecule is CC1OCCC1NCC(=O)NCC(F)(F)F. The van der Waals surface area contributed by atoms with Gasteiger partial charge in [0.1, 0.15) is 6.54 Å². The van der Waals surface area contributed by atoms with E-state index in [1.54, 1.807) is 5.32 Å². The minimum absolute atomic E-state index is 0.00424. The molecule has 94 valence electrons.